The first-order chi connectivity index (χ1) is 12.1. The number of anilines is 1. The summed E-state index contributed by atoms with van der Waals surface area (Å²) in [6, 6.07) is 8.97. The maximum Gasteiger partial charge on any atom is 0.295 e. The molecule has 1 amide bonds. The monoisotopic (exact) mass is 378 g/mol. The zero-order valence-electron chi connectivity index (χ0n) is 14.3. The fourth-order valence-electron chi connectivity index (χ4n) is 2.69. The highest BCUT2D eigenvalue weighted by molar-refractivity contribution is 7.22. The van der Waals surface area contributed by atoms with Gasteiger partial charge in [0.2, 0.25) is 0 Å². The summed E-state index contributed by atoms with van der Waals surface area (Å²) in [5.74, 6) is 0.161. The van der Waals surface area contributed by atoms with E-state index in [0.29, 0.717) is 22.5 Å². The lowest BCUT2D eigenvalue weighted by molar-refractivity contribution is -0.894. The summed E-state index contributed by atoms with van der Waals surface area (Å²) in [5, 5.41) is 1.34. The lowest BCUT2D eigenvalue weighted by Crippen LogP contribution is -3.12. The number of likely N-dealkylation sites (N-methyl/N-ethyl adjacent to an activating group) is 1. The van der Waals surface area contributed by atoms with E-state index in [2.05, 4.69) is 18.8 Å². The first-order valence-corrected chi connectivity index (χ1v) is 9.56. The van der Waals surface area contributed by atoms with Crippen LogP contribution in [0, 0.1) is 0 Å². The van der Waals surface area contributed by atoms with Gasteiger partial charge in [-0.2, -0.15) is 0 Å². The van der Waals surface area contributed by atoms with Gasteiger partial charge in [0.05, 0.1) is 42.7 Å². The minimum atomic E-state index is -0.165. The van der Waals surface area contributed by atoms with Gasteiger partial charge in [0.15, 0.2) is 10.9 Å². The summed E-state index contributed by atoms with van der Waals surface area (Å²) in [5.41, 5.74) is 0.844. The molecule has 1 N–H and O–H groups in total. The second-order valence-corrected chi connectivity index (χ2v) is 7.20. The molecule has 0 atom stereocenters. The van der Waals surface area contributed by atoms with Crippen LogP contribution in [0.2, 0.25) is 5.02 Å². The van der Waals surface area contributed by atoms with Crippen LogP contribution in [-0.2, 0) is 0 Å². The van der Waals surface area contributed by atoms with E-state index in [0.717, 1.165) is 29.9 Å². The number of halogens is 1. The van der Waals surface area contributed by atoms with Crippen molar-refractivity contribution in [3.05, 3.63) is 47.4 Å². The second-order valence-electron chi connectivity index (χ2n) is 5.75. The van der Waals surface area contributed by atoms with E-state index >= 15 is 0 Å². The Kier molecular flexibility index (Phi) is 5.73. The van der Waals surface area contributed by atoms with Gasteiger partial charge in [-0.15, -0.1) is 0 Å². The number of aromatic nitrogens is 1. The van der Waals surface area contributed by atoms with Gasteiger partial charge in [0.25, 0.3) is 5.91 Å². The number of fused-ring (bicyclic) bond motifs is 1. The van der Waals surface area contributed by atoms with Crippen LogP contribution in [0.3, 0.4) is 0 Å². The standard InChI is InChI=1S/C18H20ClN3O2S/c1-3-21(4-2)9-10-22(17(23)15-6-5-11-24-15)18-20-14-8-7-13(19)12-16(14)25-18/h5-8,11-12H,3-4,9-10H2,1-2H3/p+1. The van der Waals surface area contributed by atoms with Crippen LogP contribution >= 0.6 is 22.9 Å². The molecule has 3 rings (SSSR count). The molecule has 0 bridgehead atoms. The number of benzene rings is 1. The van der Waals surface area contributed by atoms with Crippen LogP contribution < -0.4 is 9.80 Å². The summed E-state index contributed by atoms with van der Waals surface area (Å²) in [6.45, 7) is 7.79. The maximum absolute atomic E-state index is 12.9. The van der Waals surface area contributed by atoms with Crippen molar-refractivity contribution in [2.75, 3.05) is 31.1 Å². The van der Waals surface area contributed by atoms with Gasteiger partial charge in [-0.1, -0.05) is 22.9 Å². The van der Waals surface area contributed by atoms with Crippen LogP contribution in [0.5, 0.6) is 0 Å². The molecule has 5 nitrogen and oxygen atoms in total. The van der Waals surface area contributed by atoms with Crippen molar-refractivity contribution in [2.24, 2.45) is 0 Å². The summed E-state index contributed by atoms with van der Waals surface area (Å²) >= 11 is 7.54. The average molecular weight is 379 g/mol. The smallest absolute Gasteiger partial charge is 0.295 e. The molecule has 0 unspecified atom stereocenters. The zero-order chi connectivity index (χ0) is 17.8. The molecule has 3 aromatic rings. The number of thiazole rings is 1. The Balaban J connectivity index is 1.92. The Hall–Kier alpha value is -1.89. The second kappa shape index (κ2) is 7.99. The molecule has 0 radical (unpaired) electrons. The van der Waals surface area contributed by atoms with Crippen molar-refractivity contribution in [1.82, 2.24) is 4.98 Å². The van der Waals surface area contributed by atoms with E-state index in [1.54, 1.807) is 17.0 Å². The van der Waals surface area contributed by atoms with E-state index in [9.17, 15) is 4.79 Å². The van der Waals surface area contributed by atoms with Gasteiger partial charge in [0, 0.05) is 5.02 Å². The zero-order valence-corrected chi connectivity index (χ0v) is 15.9. The van der Waals surface area contributed by atoms with Crippen LogP contribution in [0.25, 0.3) is 10.2 Å². The number of nitrogens with one attached hydrogen (secondary N) is 1. The number of carbonyl (C=O) groups is 1. The maximum atomic E-state index is 12.9. The third-order valence-electron chi connectivity index (χ3n) is 4.24. The number of furan rings is 1. The number of quaternary nitrogens is 1. The Morgan fingerprint density at radius 1 is 1.32 bits per heavy atom. The van der Waals surface area contributed by atoms with Crippen LogP contribution in [0.15, 0.2) is 41.0 Å². The third-order valence-corrected chi connectivity index (χ3v) is 5.51. The largest absolute Gasteiger partial charge is 0.459 e. The molecule has 2 heterocycles. The molecule has 7 heteroatoms. The van der Waals surface area contributed by atoms with E-state index < -0.39 is 0 Å². The molecular weight excluding hydrogens is 358 g/mol. The van der Waals surface area contributed by atoms with Crippen LogP contribution in [-0.4, -0.2) is 37.1 Å². The molecule has 2 aromatic heterocycles. The predicted molar refractivity (Wildman–Crippen MR) is 102 cm³/mol. The Labute approximate surface area is 155 Å². The molecule has 0 saturated carbocycles. The molecule has 0 spiro atoms. The van der Waals surface area contributed by atoms with Crippen molar-refractivity contribution >= 4 is 44.2 Å². The number of carbonyl (C=O) groups excluding carboxylic acids is 1. The number of amides is 1. The first-order valence-electron chi connectivity index (χ1n) is 8.37. The average Bonchev–Trinajstić information content (AvgIpc) is 3.27. The molecule has 0 saturated heterocycles. The van der Waals surface area contributed by atoms with Crippen LogP contribution in [0.4, 0.5) is 5.13 Å². The van der Waals surface area contributed by atoms with Gasteiger partial charge in [-0.3, -0.25) is 9.69 Å². The molecule has 0 aliphatic rings. The van der Waals surface area contributed by atoms with Crippen molar-refractivity contribution in [3.63, 3.8) is 0 Å². The van der Waals surface area contributed by atoms with Gasteiger partial charge in [0.1, 0.15) is 0 Å². The number of rotatable bonds is 7. The molecule has 132 valence electrons. The van der Waals surface area contributed by atoms with E-state index in [1.165, 1.54) is 22.5 Å². The van der Waals surface area contributed by atoms with Crippen molar-refractivity contribution in [2.45, 2.75) is 13.8 Å². The fraction of sp³-hybridized carbons (Fsp3) is 0.333. The highest BCUT2D eigenvalue weighted by Crippen LogP contribution is 2.31. The minimum Gasteiger partial charge on any atom is -0.459 e. The van der Waals surface area contributed by atoms with Crippen molar-refractivity contribution in [3.8, 4) is 0 Å². The summed E-state index contributed by atoms with van der Waals surface area (Å²) in [7, 11) is 0. The Morgan fingerprint density at radius 3 is 2.80 bits per heavy atom. The summed E-state index contributed by atoms with van der Waals surface area (Å²) < 4.78 is 6.28. The summed E-state index contributed by atoms with van der Waals surface area (Å²) in [4.78, 5) is 20.7. The number of hydrogen-bond acceptors (Lipinski definition) is 4. The van der Waals surface area contributed by atoms with Gasteiger partial charge in [-0.05, 0) is 44.2 Å². The quantitative estimate of drug-likeness (QED) is 0.687. The van der Waals surface area contributed by atoms with E-state index in [1.807, 2.05) is 18.2 Å². The van der Waals surface area contributed by atoms with Gasteiger partial charge in [-0.25, -0.2) is 4.98 Å². The predicted octanol–water partition coefficient (Wildman–Crippen LogP) is 3.11. The van der Waals surface area contributed by atoms with Crippen molar-refractivity contribution in [1.29, 1.82) is 0 Å². The SMILES string of the molecule is CC[NH+](CC)CCN(C(=O)c1ccco1)c1nc2ccc(Cl)cc2s1. The van der Waals surface area contributed by atoms with E-state index in [-0.39, 0.29) is 5.91 Å². The Morgan fingerprint density at radius 2 is 2.12 bits per heavy atom. The molecular formula is C18H21ClN3O2S+. The lowest BCUT2D eigenvalue weighted by atomic mass is 10.3. The number of nitrogens with zero attached hydrogens (tertiary/aromatic N) is 2. The fourth-order valence-corrected chi connectivity index (χ4v) is 3.96. The summed E-state index contributed by atoms with van der Waals surface area (Å²) in [6.07, 6.45) is 1.51. The third kappa shape index (κ3) is 4.03. The Bertz CT molecular complexity index is 843. The minimum absolute atomic E-state index is 0.165. The first kappa shape index (κ1) is 17.9. The van der Waals surface area contributed by atoms with E-state index in [4.69, 9.17) is 16.0 Å². The molecule has 0 fully saturated rings. The topological polar surface area (TPSA) is 50.8 Å². The highest BCUT2D eigenvalue weighted by atomic mass is 35.5. The normalized spacial score (nSPS) is 11.4. The van der Waals surface area contributed by atoms with Gasteiger partial charge < -0.3 is 9.32 Å². The van der Waals surface area contributed by atoms with Crippen molar-refractivity contribution < 1.29 is 14.1 Å². The molecule has 25 heavy (non-hydrogen) atoms. The van der Waals surface area contributed by atoms with Gasteiger partial charge >= 0.3 is 0 Å². The van der Waals surface area contributed by atoms with Crippen LogP contribution in [0.1, 0.15) is 24.4 Å². The molecule has 0 aliphatic heterocycles. The number of hydrogen-bond donors (Lipinski definition) is 1. The molecule has 0 aliphatic carbocycles. The highest BCUT2D eigenvalue weighted by Gasteiger charge is 2.24. The molecule has 1 aromatic carbocycles. The lowest BCUT2D eigenvalue weighted by Gasteiger charge is -2.22.